The predicted molar refractivity (Wildman–Crippen MR) is 149 cm³/mol. The van der Waals surface area contributed by atoms with Crippen molar-refractivity contribution < 1.29 is 17.0 Å². The van der Waals surface area contributed by atoms with Crippen LogP contribution in [0.2, 0.25) is 0 Å². The van der Waals surface area contributed by atoms with Crippen LogP contribution in [-0.2, 0) is 41.1 Å². The van der Waals surface area contributed by atoms with E-state index in [1.165, 1.54) is 27.9 Å². The third kappa shape index (κ3) is 6.48. The standard InChI is InChI=1S/2C13H19FN4O2/c2*1-9(14)6-4-5-7-18-12(19)10-11(15-8-16(10)2)17(3)13(18)20/h2*8-9H,4-7H2,1-3H3/t2*9-/m11/s1/i2*2D3. The summed E-state index contributed by atoms with van der Waals surface area (Å²) in [5.74, 6) is 0. The zero-order valence-corrected chi connectivity index (χ0v) is 22.9. The molecule has 40 heavy (non-hydrogen) atoms. The highest BCUT2D eigenvalue weighted by Crippen LogP contribution is 2.07. The van der Waals surface area contributed by atoms with Crippen LogP contribution in [0.25, 0.3) is 22.3 Å². The van der Waals surface area contributed by atoms with E-state index in [-0.39, 0.29) is 35.4 Å². The van der Waals surface area contributed by atoms with Gasteiger partial charge in [-0.15, -0.1) is 0 Å². The normalized spacial score (nSPS) is 15.8. The predicted octanol–water partition coefficient (Wildman–Crippen LogP) is 1.92. The molecule has 14 heteroatoms. The molecule has 0 saturated carbocycles. The van der Waals surface area contributed by atoms with Crippen molar-refractivity contribution in [3.63, 3.8) is 0 Å². The summed E-state index contributed by atoms with van der Waals surface area (Å²) in [7, 11) is 2.86. The van der Waals surface area contributed by atoms with Gasteiger partial charge in [-0.1, -0.05) is 0 Å². The number of alkyl halides is 2. The summed E-state index contributed by atoms with van der Waals surface area (Å²) in [5, 5.41) is 0. The molecular weight excluding hydrogens is 526 g/mol. The number of aryl methyl sites for hydroxylation is 4. The maximum Gasteiger partial charge on any atom is 0.332 e. The third-order valence-electron chi connectivity index (χ3n) is 6.53. The lowest BCUT2D eigenvalue weighted by Gasteiger charge is -2.08. The summed E-state index contributed by atoms with van der Waals surface area (Å²) in [6, 6.07) is 0. The van der Waals surface area contributed by atoms with E-state index in [2.05, 4.69) is 9.97 Å². The van der Waals surface area contributed by atoms with Crippen LogP contribution in [0.1, 0.15) is 60.6 Å². The Kier molecular flexibility index (Phi) is 7.45. The van der Waals surface area contributed by atoms with E-state index < -0.39 is 48.8 Å². The molecule has 0 aliphatic carbocycles. The summed E-state index contributed by atoms with van der Waals surface area (Å²) < 4.78 is 76.2. The van der Waals surface area contributed by atoms with Gasteiger partial charge in [0.15, 0.2) is 22.3 Å². The molecule has 0 saturated heterocycles. The van der Waals surface area contributed by atoms with E-state index in [4.69, 9.17) is 8.22 Å². The quantitative estimate of drug-likeness (QED) is 0.269. The van der Waals surface area contributed by atoms with Crippen LogP contribution in [0.4, 0.5) is 8.78 Å². The van der Waals surface area contributed by atoms with Crippen molar-refractivity contribution in [2.75, 3.05) is 0 Å². The van der Waals surface area contributed by atoms with Gasteiger partial charge in [0.2, 0.25) is 0 Å². The summed E-state index contributed by atoms with van der Waals surface area (Å²) in [6.07, 6.45) is 2.88. The highest BCUT2D eigenvalue weighted by Gasteiger charge is 2.15. The lowest BCUT2D eigenvalue weighted by molar-refractivity contribution is 0.327. The molecule has 0 radical (unpaired) electrons. The molecule has 0 amide bonds. The Hall–Kier alpha value is -3.84. The van der Waals surface area contributed by atoms with Crippen LogP contribution in [0.15, 0.2) is 31.8 Å². The van der Waals surface area contributed by atoms with E-state index in [1.54, 1.807) is 0 Å². The minimum atomic E-state index is -2.56. The number of halogens is 2. The Bertz CT molecular complexity index is 1780. The minimum Gasteiger partial charge on any atom is -0.328 e. The topological polar surface area (TPSA) is 124 Å². The van der Waals surface area contributed by atoms with Gasteiger partial charge in [0, 0.05) is 49.4 Å². The number of hydrogen-bond acceptors (Lipinski definition) is 6. The number of imidazole rings is 2. The molecule has 0 aliphatic heterocycles. The Labute approximate surface area is 237 Å². The van der Waals surface area contributed by atoms with Gasteiger partial charge in [-0.25, -0.2) is 28.3 Å². The summed E-state index contributed by atoms with van der Waals surface area (Å²) in [6.45, 7) is -2.00. The number of aromatic nitrogens is 8. The fraction of sp³-hybridized carbons (Fsp3) is 0.615. The van der Waals surface area contributed by atoms with Crippen molar-refractivity contribution in [1.82, 2.24) is 37.4 Å². The molecule has 0 N–H and O–H groups in total. The zero-order chi connectivity index (χ0) is 34.7. The fourth-order valence-corrected chi connectivity index (χ4v) is 4.32. The van der Waals surface area contributed by atoms with E-state index in [0.717, 1.165) is 40.1 Å². The molecule has 0 bridgehead atoms. The molecule has 4 heterocycles. The number of unbranched alkanes of at least 4 members (excludes halogenated alkanes) is 2. The highest BCUT2D eigenvalue weighted by molar-refractivity contribution is 5.70. The molecule has 12 nitrogen and oxygen atoms in total. The first kappa shape index (κ1) is 22.9. The molecule has 0 aliphatic rings. The van der Waals surface area contributed by atoms with E-state index >= 15 is 0 Å². The van der Waals surface area contributed by atoms with Crippen molar-refractivity contribution in [3.05, 3.63) is 54.3 Å². The first-order chi connectivity index (χ1) is 21.3. The second-order valence-corrected chi connectivity index (χ2v) is 9.72. The van der Waals surface area contributed by atoms with Crippen LogP contribution < -0.4 is 22.5 Å². The molecule has 0 fully saturated rings. The average Bonchev–Trinajstić information content (AvgIpc) is 3.60. The van der Waals surface area contributed by atoms with Gasteiger partial charge in [-0.05, 0) is 52.4 Å². The van der Waals surface area contributed by atoms with E-state index in [0.29, 0.717) is 38.5 Å². The van der Waals surface area contributed by atoms with Crippen LogP contribution in [0.5, 0.6) is 0 Å². The maximum absolute atomic E-state index is 12.8. The largest absolute Gasteiger partial charge is 0.332 e. The molecule has 0 unspecified atom stereocenters. The SMILES string of the molecule is [2H]C([2H])([2H])n1cnc2c1c(=O)n(CCCC[C@@H](C)F)c(=O)n2C.[2H]C([2H])([2H])n1cnc2c1c(=O)n(CCCC[C@@H](C)F)c(=O)n2C. The fourth-order valence-electron chi connectivity index (χ4n) is 4.32. The summed E-state index contributed by atoms with van der Waals surface area (Å²) in [4.78, 5) is 57.3. The average molecular weight is 571 g/mol. The molecule has 4 aromatic heterocycles. The van der Waals surface area contributed by atoms with Crippen molar-refractivity contribution >= 4 is 22.3 Å². The van der Waals surface area contributed by atoms with Gasteiger partial charge in [0.05, 0.1) is 25.0 Å². The second-order valence-electron chi connectivity index (χ2n) is 9.72. The number of hydrogen-bond donors (Lipinski definition) is 0. The van der Waals surface area contributed by atoms with Gasteiger partial charge in [0.1, 0.15) is 0 Å². The van der Waals surface area contributed by atoms with Gasteiger partial charge in [-0.3, -0.25) is 27.9 Å². The van der Waals surface area contributed by atoms with E-state index in [9.17, 15) is 28.0 Å². The summed E-state index contributed by atoms with van der Waals surface area (Å²) >= 11 is 0. The minimum absolute atomic E-state index is 0.0322. The Morgan fingerprint density at radius 2 is 1.10 bits per heavy atom. The molecule has 4 aromatic rings. The Morgan fingerprint density at radius 3 is 1.43 bits per heavy atom. The van der Waals surface area contributed by atoms with Crippen molar-refractivity contribution in [2.45, 2.75) is 77.8 Å². The van der Waals surface area contributed by atoms with Gasteiger partial charge in [0.25, 0.3) is 11.1 Å². The van der Waals surface area contributed by atoms with Gasteiger partial charge >= 0.3 is 11.4 Å². The van der Waals surface area contributed by atoms with E-state index in [1.807, 2.05) is 0 Å². The number of fused-ring (bicyclic) bond motifs is 2. The van der Waals surface area contributed by atoms with Crippen LogP contribution in [0.3, 0.4) is 0 Å². The molecule has 0 spiro atoms. The molecule has 220 valence electrons. The van der Waals surface area contributed by atoms with Gasteiger partial charge < -0.3 is 9.13 Å². The van der Waals surface area contributed by atoms with Crippen LogP contribution in [0, 0.1) is 0 Å². The Morgan fingerprint density at radius 1 is 0.725 bits per heavy atom. The van der Waals surface area contributed by atoms with Crippen LogP contribution in [-0.4, -0.2) is 49.7 Å². The number of nitrogens with zero attached hydrogens (tertiary/aromatic N) is 8. The highest BCUT2D eigenvalue weighted by atomic mass is 19.1. The number of rotatable bonds is 10. The van der Waals surface area contributed by atoms with Gasteiger partial charge in [-0.2, -0.15) is 0 Å². The first-order valence-electron chi connectivity index (χ1n) is 15.9. The van der Waals surface area contributed by atoms with Crippen molar-refractivity contribution in [3.8, 4) is 0 Å². The molecular formula is C26H38F2N8O4. The lowest BCUT2D eigenvalue weighted by Crippen LogP contribution is -2.39. The Balaban J connectivity index is 0.000000250. The smallest absolute Gasteiger partial charge is 0.328 e. The monoisotopic (exact) mass is 570 g/mol. The lowest BCUT2D eigenvalue weighted by atomic mass is 10.2. The second kappa shape index (κ2) is 13.0. The maximum atomic E-state index is 12.8. The molecule has 2 atom stereocenters. The van der Waals surface area contributed by atoms with Crippen molar-refractivity contribution in [2.24, 2.45) is 28.0 Å². The first-order valence-corrected chi connectivity index (χ1v) is 12.9. The van der Waals surface area contributed by atoms with Crippen molar-refractivity contribution in [1.29, 1.82) is 0 Å². The summed E-state index contributed by atoms with van der Waals surface area (Å²) in [5.41, 5.74) is -2.71. The third-order valence-corrected chi connectivity index (χ3v) is 6.53. The molecule has 4 rings (SSSR count). The van der Waals surface area contributed by atoms with Crippen LogP contribution >= 0.6 is 0 Å². The zero-order valence-electron chi connectivity index (χ0n) is 28.9. The molecule has 0 aromatic carbocycles.